The van der Waals surface area contributed by atoms with E-state index in [1.807, 2.05) is 37.3 Å². The second kappa shape index (κ2) is 8.25. The maximum atomic E-state index is 9.44. The molecular formula is C18H20N4OS. The maximum Gasteiger partial charge on any atom is 0.160 e. The van der Waals surface area contributed by atoms with Crippen LogP contribution in [-0.2, 0) is 4.74 Å². The summed E-state index contributed by atoms with van der Waals surface area (Å²) >= 11 is 1.63. The first kappa shape index (κ1) is 16.9. The third-order valence-corrected chi connectivity index (χ3v) is 4.91. The van der Waals surface area contributed by atoms with Crippen molar-refractivity contribution < 1.29 is 4.74 Å². The van der Waals surface area contributed by atoms with Crippen LogP contribution in [0.15, 0.2) is 35.4 Å². The van der Waals surface area contributed by atoms with Gasteiger partial charge < -0.3 is 4.74 Å². The number of nitrogens with zero attached hydrogens (tertiary/aromatic N) is 4. The smallest absolute Gasteiger partial charge is 0.160 e. The Hall–Kier alpha value is -1.94. The van der Waals surface area contributed by atoms with Gasteiger partial charge in [0.15, 0.2) is 5.82 Å². The molecule has 1 saturated heterocycles. The lowest BCUT2D eigenvalue weighted by atomic mass is 10.2. The number of nitriles is 1. The summed E-state index contributed by atoms with van der Waals surface area (Å²) in [5.41, 5.74) is 2.29. The summed E-state index contributed by atoms with van der Waals surface area (Å²) in [6.07, 6.45) is 0. The molecular weight excluding hydrogens is 320 g/mol. The molecule has 1 aliphatic rings. The number of morpholine rings is 1. The van der Waals surface area contributed by atoms with E-state index in [9.17, 15) is 5.26 Å². The second-order valence-electron chi connectivity index (χ2n) is 5.59. The highest BCUT2D eigenvalue weighted by molar-refractivity contribution is 7.99. The minimum atomic E-state index is 0.585. The van der Waals surface area contributed by atoms with E-state index in [2.05, 4.69) is 20.9 Å². The van der Waals surface area contributed by atoms with Gasteiger partial charge in [-0.25, -0.2) is 9.97 Å². The quantitative estimate of drug-likeness (QED) is 0.616. The van der Waals surface area contributed by atoms with Gasteiger partial charge in [0.25, 0.3) is 0 Å². The molecule has 0 atom stereocenters. The molecule has 0 bridgehead atoms. The molecule has 0 spiro atoms. The standard InChI is InChI=1S/C18H20N4OS/c1-14-16(13-19)18(24-12-9-22-7-10-23-11-8-22)21-17(20-14)15-5-3-2-4-6-15/h2-6H,7-12H2,1H3. The predicted octanol–water partition coefficient (Wildman–Crippen LogP) is 2.75. The molecule has 0 unspecified atom stereocenters. The molecule has 1 fully saturated rings. The van der Waals surface area contributed by atoms with Gasteiger partial charge in [-0.05, 0) is 6.92 Å². The van der Waals surface area contributed by atoms with Crippen LogP contribution in [0.5, 0.6) is 0 Å². The van der Waals surface area contributed by atoms with Gasteiger partial charge in [-0.1, -0.05) is 30.3 Å². The molecule has 124 valence electrons. The number of rotatable bonds is 5. The van der Waals surface area contributed by atoms with E-state index in [0.717, 1.165) is 54.9 Å². The van der Waals surface area contributed by atoms with Crippen LogP contribution >= 0.6 is 11.8 Å². The number of hydrogen-bond donors (Lipinski definition) is 0. The van der Waals surface area contributed by atoms with Gasteiger partial charge >= 0.3 is 0 Å². The van der Waals surface area contributed by atoms with Crippen molar-refractivity contribution in [3.05, 3.63) is 41.6 Å². The Morgan fingerprint density at radius 2 is 1.96 bits per heavy atom. The zero-order valence-corrected chi connectivity index (χ0v) is 14.6. The van der Waals surface area contributed by atoms with Gasteiger partial charge in [0, 0.05) is 31.0 Å². The molecule has 2 heterocycles. The van der Waals surface area contributed by atoms with Gasteiger partial charge in [-0.2, -0.15) is 5.26 Å². The van der Waals surface area contributed by atoms with E-state index in [4.69, 9.17) is 4.74 Å². The molecule has 6 heteroatoms. The number of benzene rings is 1. The van der Waals surface area contributed by atoms with E-state index in [1.165, 1.54) is 0 Å². The molecule has 0 saturated carbocycles. The fourth-order valence-electron chi connectivity index (χ4n) is 2.59. The molecule has 24 heavy (non-hydrogen) atoms. The molecule has 1 aromatic heterocycles. The zero-order chi connectivity index (χ0) is 16.8. The average molecular weight is 340 g/mol. The maximum absolute atomic E-state index is 9.44. The molecule has 5 nitrogen and oxygen atoms in total. The highest BCUT2D eigenvalue weighted by atomic mass is 32.2. The highest BCUT2D eigenvalue weighted by Crippen LogP contribution is 2.25. The first-order valence-electron chi connectivity index (χ1n) is 8.05. The monoisotopic (exact) mass is 340 g/mol. The van der Waals surface area contributed by atoms with Crippen LogP contribution in [0.4, 0.5) is 0 Å². The summed E-state index contributed by atoms with van der Waals surface area (Å²) in [7, 11) is 0. The Balaban J connectivity index is 1.75. The van der Waals surface area contributed by atoms with Crippen LogP contribution < -0.4 is 0 Å². The first-order chi connectivity index (χ1) is 11.8. The van der Waals surface area contributed by atoms with Gasteiger partial charge in [-0.3, -0.25) is 4.90 Å². The molecule has 0 N–H and O–H groups in total. The van der Waals surface area contributed by atoms with Gasteiger partial charge in [-0.15, -0.1) is 11.8 Å². The molecule has 2 aromatic rings. The van der Waals surface area contributed by atoms with Crippen molar-refractivity contribution in [2.45, 2.75) is 11.9 Å². The topological polar surface area (TPSA) is 62.0 Å². The molecule has 0 radical (unpaired) electrons. The lowest BCUT2D eigenvalue weighted by Gasteiger charge is -2.26. The summed E-state index contributed by atoms with van der Waals surface area (Å²) in [4.78, 5) is 11.5. The van der Waals surface area contributed by atoms with Crippen LogP contribution in [0.1, 0.15) is 11.3 Å². The Bertz CT molecular complexity index is 724. The summed E-state index contributed by atoms with van der Waals surface area (Å²) in [5, 5.41) is 10.2. The average Bonchev–Trinajstić information content (AvgIpc) is 2.63. The summed E-state index contributed by atoms with van der Waals surface area (Å²) in [6, 6.07) is 12.1. The van der Waals surface area contributed by atoms with Crippen molar-refractivity contribution in [3.63, 3.8) is 0 Å². The lowest BCUT2D eigenvalue weighted by Crippen LogP contribution is -2.37. The van der Waals surface area contributed by atoms with E-state index >= 15 is 0 Å². The van der Waals surface area contributed by atoms with Crippen molar-refractivity contribution >= 4 is 11.8 Å². The van der Waals surface area contributed by atoms with Gasteiger partial charge in [0.05, 0.1) is 18.9 Å². The van der Waals surface area contributed by atoms with Crippen LogP contribution in [0.3, 0.4) is 0 Å². The molecule has 1 aromatic carbocycles. The highest BCUT2D eigenvalue weighted by Gasteiger charge is 2.15. The van der Waals surface area contributed by atoms with Crippen molar-refractivity contribution in [3.8, 4) is 17.5 Å². The van der Waals surface area contributed by atoms with E-state index in [0.29, 0.717) is 11.4 Å². The second-order valence-corrected chi connectivity index (χ2v) is 6.68. The Morgan fingerprint density at radius 3 is 2.67 bits per heavy atom. The SMILES string of the molecule is Cc1nc(-c2ccccc2)nc(SCCN2CCOCC2)c1C#N. The van der Waals surface area contributed by atoms with Crippen LogP contribution in [-0.4, -0.2) is 53.5 Å². The summed E-state index contributed by atoms with van der Waals surface area (Å²) in [5.74, 6) is 1.58. The minimum absolute atomic E-state index is 0.585. The summed E-state index contributed by atoms with van der Waals surface area (Å²) in [6.45, 7) is 6.41. The normalized spacial score (nSPS) is 15.2. The third-order valence-electron chi connectivity index (χ3n) is 3.95. The van der Waals surface area contributed by atoms with Gasteiger partial charge in [0.2, 0.25) is 0 Å². The molecule has 0 aliphatic carbocycles. The molecule has 3 rings (SSSR count). The lowest BCUT2D eigenvalue weighted by molar-refractivity contribution is 0.0410. The Morgan fingerprint density at radius 1 is 1.21 bits per heavy atom. The van der Waals surface area contributed by atoms with Crippen molar-refractivity contribution in [2.75, 3.05) is 38.6 Å². The van der Waals surface area contributed by atoms with Crippen LogP contribution in [0.2, 0.25) is 0 Å². The third kappa shape index (κ3) is 4.12. The van der Waals surface area contributed by atoms with Crippen LogP contribution in [0, 0.1) is 18.3 Å². The Kier molecular flexibility index (Phi) is 5.81. The number of aromatic nitrogens is 2. The van der Waals surface area contributed by atoms with Crippen molar-refractivity contribution in [2.24, 2.45) is 0 Å². The number of hydrogen-bond acceptors (Lipinski definition) is 6. The Labute approximate surface area is 146 Å². The fourth-order valence-corrected chi connectivity index (χ4v) is 3.62. The molecule has 1 aliphatic heterocycles. The number of aryl methyl sites for hydroxylation is 1. The minimum Gasteiger partial charge on any atom is -0.379 e. The van der Waals surface area contributed by atoms with Crippen molar-refractivity contribution in [1.29, 1.82) is 5.26 Å². The molecule has 0 amide bonds. The number of ether oxygens (including phenoxy) is 1. The fraction of sp³-hybridized carbons (Fsp3) is 0.389. The van der Waals surface area contributed by atoms with Crippen molar-refractivity contribution in [1.82, 2.24) is 14.9 Å². The van der Waals surface area contributed by atoms with Crippen LogP contribution in [0.25, 0.3) is 11.4 Å². The first-order valence-corrected chi connectivity index (χ1v) is 9.03. The predicted molar refractivity (Wildman–Crippen MR) is 94.9 cm³/mol. The zero-order valence-electron chi connectivity index (χ0n) is 13.7. The number of thioether (sulfide) groups is 1. The van der Waals surface area contributed by atoms with E-state index in [1.54, 1.807) is 11.8 Å². The van der Waals surface area contributed by atoms with Gasteiger partial charge in [0.1, 0.15) is 16.7 Å². The largest absolute Gasteiger partial charge is 0.379 e. The van der Waals surface area contributed by atoms with E-state index < -0.39 is 0 Å². The van der Waals surface area contributed by atoms with E-state index in [-0.39, 0.29) is 0 Å². The summed E-state index contributed by atoms with van der Waals surface area (Å²) < 4.78 is 5.37.